The Morgan fingerprint density at radius 3 is 2.54 bits per heavy atom. The predicted octanol–water partition coefficient (Wildman–Crippen LogP) is 5.33. The highest BCUT2D eigenvalue weighted by molar-refractivity contribution is 6.32. The fourth-order valence-electron chi connectivity index (χ4n) is 2.19. The maximum absolute atomic E-state index is 12.7. The Hall–Kier alpha value is -3.07. The van der Waals surface area contributed by atoms with Crippen LogP contribution in [0.15, 0.2) is 49.1 Å². The summed E-state index contributed by atoms with van der Waals surface area (Å²) in [6, 6.07) is 6.11. The molecular weight excluding hydrogens is 403 g/mol. The van der Waals surface area contributed by atoms with Gasteiger partial charge in [0.1, 0.15) is 18.1 Å². The molecule has 0 unspecified atom stereocenters. The molecule has 0 saturated heterocycles. The van der Waals surface area contributed by atoms with E-state index in [1.807, 2.05) is 0 Å². The van der Waals surface area contributed by atoms with Gasteiger partial charge in [0.25, 0.3) is 5.69 Å². The molecule has 0 atom stereocenters. The number of nitrogens with zero attached hydrogens (tertiary/aromatic N) is 1. The molecule has 0 spiro atoms. The molecule has 2 aromatic rings. The van der Waals surface area contributed by atoms with Crippen molar-refractivity contribution in [1.29, 1.82) is 0 Å². The summed E-state index contributed by atoms with van der Waals surface area (Å²) in [7, 11) is 0. The summed E-state index contributed by atoms with van der Waals surface area (Å²) in [5.41, 5.74) is -1.26. The molecular formula is C18H13ClF3NO5. The van der Waals surface area contributed by atoms with Gasteiger partial charge in [-0.05, 0) is 30.3 Å². The van der Waals surface area contributed by atoms with Crippen molar-refractivity contribution in [2.24, 2.45) is 0 Å². The van der Waals surface area contributed by atoms with E-state index in [0.29, 0.717) is 6.07 Å². The normalized spacial score (nSPS) is 11.0. The highest BCUT2D eigenvalue weighted by Gasteiger charge is 2.31. The lowest BCUT2D eigenvalue weighted by Gasteiger charge is -2.12. The lowest BCUT2D eigenvalue weighted by Crippen LogP contribution is -2.09. The molecule has 0 saturated carbocycles. The second-order valence-electron chi connectivity index (χ2n) is 5.44. The van der Waals surface area contributed by atoms with Crippen LogP contribution >= 0.6 is 11.6 Å². The first kappa shape index (κ1) is 21.2. The summed E-state index contributed by atoms with van der Waals surface area (Å²) in [5.74, 6) is -0.741. The minimum absolute atomic E-state index is 0.0135. The molecule has 6 nitrogen and oxygen atoms in total. The standard InChI is InChI=1S/C18H13ClF3NO5/c1-2-7-27-17(24)9-11-8-13(4-5-15(11)23(25)26)28-16-6-3-12(10-14(16)19)18(20,21)22/h2-6,8,10H,1,7,9H2. The van der Waals surface area contributed by atoms with Gasteiger partial charge in [0.05, 0.1) is 21.9 Å². The maximum atomic E-state index is 12.7. The minimum Gasteiger partial charge on any atom is -0.461 e. The topological polar surface area (TPSA) is 78.7 Å². The second kappa shape index (κ2) is 8.75. The summed E-state index contributed by atoms with van der Waals surface area (Å²) in [6.45, 7) is 3.34. The molecule has 0 amide bonds. The predicted molar refractivity (Wildman–Crippen MR) is 94.5 cm³/mol. The van der Waals surface area contributed by atoms with E-state index in [2.05, 4.69) is 6.58 Å². The van der Waals surface area contributed by atoms with Gasteiger partial charge < -0.3 is 9.47 Å². The van der Waals surface area contributed by atoms with Gasteiger partial charge >= 0.3 is 12.1 Å². The van der Waals surface area contributed by atoms with E-state index in [4.69, 9.17) is 21.1 Å². The van der Waals surface area contributed by atoms with E-state index in [1.165, 1.54) is 18.2 Å². The van der Waals surface area contributed by atoms with Crippen LogP contribution in [0.5, 0.6) is 11.5 Å². The van der Waals surface area contributed by atoms with Crippen LogP contribution < -0.4 is 4.74 Å². The van der Waals surface area contributed by atoms with Crippen molar-refractivity contribution >= 4 is 23.3 Å². The largest absolute Gasteiger partial charge is 0.461 e. The summed E-state index contributed by atoms with van der Waals surface area (Å²) in [5, 5.41) is 10.8. The van der Waals surface area contributed by atoms with Gasteiger partial charge in [-0.2, -0.15) is 13.2 Å². The zero-order valence-electron chi connectivity index (χ0n) is 14.2. The van der Waals surface area contributed by atoms with Crippen molar-refractivity contribution < 1.29 is 32.4 Å². The van der Waals surface area contributed by atoms with Crippen molar-refractivity contribution in [3.63, 3.8) is 0 Å². The molecule has 0 aromatic heterocycles. The molecule has 148 valence electrons. The number of carbonyl (C=O) groups excluding carboxylic acids is 1. The van der Waals surface area contributed by atoms with Crippen molar-refractivity contribution in [3.8, 4) is 11.5 Å². The van der Waals surface area contributed by atoms with Crippen molar-refractivity contribution in [2.75, 3.05) is 6.61 Å². The Bertz CT molecular complexity index is 915. The third-order valence-electron chi connectivity index (χ3n) is 3.43. The van der Waals surface area contributed by atoms with Crippen LogP contribution in [0.2, 0.25) is 5.02 Å². The molecule has 2 rings (SSSR count). The Kier molecular flexibility index (Phi) is 6.63. The minimum atomic E-state index is -4.56. The number of rotatable bonds is 7. The molecule has 2 aromatic carbocycles. The third-order valence-corrected chi connectivity index (χ3v) is 3.73. The first-order chi connectivity index (χ1) is 13.1. The Morgan fingerprint density at radius 1 is 1.25 bits per heavy atom. The molecule has 10 heteroatoms. The number of carbonyl (C=O) groups is 1. The molecule has 0 aliphatic rings. The van der Waals surface area contributed by atoms with Gasteiger partial charge in [-0.15, -0.1) is 0 Å². The Labute approximate surface area is 162 Å². The molecule has 0 N–H and O–H groups in total. The fourth-order valence-corrected chi connectivity index (χ4v) is 2.41. The first-order valence-corrected chi connectivity index (χ1v) is 8.08. The van der Waals surface area contributed by atoms with Crippen LogP contribution in [0.25, 0.3) is 0 Å². The number of halogens is 4. The highest BCUT2D eigenvalue weighted by Crippen LogP contribution is 2.37. The molecule has 0 aliphatic carbocycles. The van der Waals surface area contributed by atoms with E-state index in [1.54, 1.807) is 0 Å². The maximum Gasteiger partial charge on any atom is 0.416 e. The van der Waals surface area contributed by atoms with Crippen LogP contribution in [0.4, 0.5) is 18.9 Å². The van der Waals surface area contributed by atoms with Crippen molar-refractivity contribution in [1.82, 2.24) is 0 Å². The number of esters is 1. The third kappa shape index (κ3) is 5.46. The summed E-state index contributed by atoms with van der Waals surface area (Å²) in [6.07, 6.45) is -3.62. The summed E-state index contributed by atoms with van der Waals surface area (Å²) < 4.78 is 48.3. The molecule has 0 bridgehead atoms. The quantitative estimate of drug-likeness (QED) is 0.264. The summed E-state index contributed by atoms with van der Waals surface area (Å²) in [4.78, 5) is 22.2. The fraction of sp³-hybridized carbons (Fsp3) is 0.167. The average Bonchev–Trinajstić information content (AvgIpc) is 2.60. The molecule has 0 fully saturated rings. The summed E-state index contributed by atoms with van der Waals surface area (Å²) >= 11 is 5.83. The van der Waals surface area contributed by atoms with E-state index < -0.39 is 29.1 Å². The Morgan fingerprint density at radius 2 is 1.96 bits per heavy atom. The van der Waals surface area contributed by atoms with E-state index in [-0.39, 0.29) is 34.4 Å². The smallest absolute Gasteiger partial charge is 0.416 e. The van der Waals surface area contributed by atoms with Gasteiger partial charge in [0.15, 0.2) is 0 Å². The molecule has 0 heterocycles. The zero-order valence-corrected chi connectivity index (χ0v) is 14.9. The number of benzene rings is 2. The SMILES string of the molecule is C=CCOC(=O)Cc1cc(Oc2ccc(C(F)(F)F)cc2Cl)ccc1[N+](=O)[O-]. The monoisotopic (exact) mass is 415 g/mol. The van der Waals surface area contributed by atoms with Gasteiger partial charge in [0, 0.05) is 11.6 Å². The number of hydrogen-bond acceptors (Lipinski definition) is 5. The van der Waals surface area contributed by atoms with Gasteiger partial charge in [-0.25, -0.2) is 0 Å². The van der Waals surface area contributed by atoms with Gasteiger partial charge in [-0.3, -0.25) is 14.9 Å². The van der Waals surface area contributed by atoms with Crippen LogP contribution in [0, 0.1) is 10.1 Å². The van der Waals surface area contributed by atoms with E-state index in [9.17, 15) is 28.1 Å². The van der Waals surface area contributed by atoms with Crippen LogP contribution in [-0.4, -0.2) is 17.5 Å². The molecule has 28 heavy (non-hydrogen) atoms. The lowest BCUT2D eigenvalue weighted by atomic mass is 10.1. The first-order valence-electron chi connectivity index (χ1n) is 7.70. The van der Waals surface area contributed by atoms with Crippen LogP contribution in [0.1, 0.15) is 11.1 Å². The van der Waals surface area contributed by atoms with E-state index >= 15 is 0 Å². The number of alkyl halides is 3. The Balaban J connectivity index is 2.29. The number of nitro benzene ring substituents is 1. The van der Waals surface area contributed by atoms with Crippen molar-refractivity contribution in [3.05, 3.63) is 75.3 Å². The molecule has 0 aliphatic heterocycles. The second-order valence-corrected chi connectivity index (χ2v) is 5.85. The number of ether oxygens (including phenoxy) is 2. The number of nitro groups is 1. The van der Waals surface area contributed by atoms with Crippen LogP contribution in [-0.2, 0) is 22.1 Å². The molecule has 0 radical (unpaired) electrons. The zero-order chi connectivity index (χ0) is 20.9. The average molecular weight is 416 g/mol. The van der Waals surface area contributed by atoms with Gasteiger partial charge in [-0.1, -0.05) is 24.3 Å². The highest BCUT2D eigenvalue weighted by atomic mass is 35.5. The van der Waals surface area contributed by atoms with Crippen LogP contribution in [0.3, 0.4) is 0 Å². The van der Waals surface area contributed by atoms with Crippen molar-refractivity contribution in [2.45, 2.75) is 12.6 Å². The van der Waals surface area contributed by atoms with Gasteiger partial charge in [0.2, 0.25) is 0 Å². The lowest BCUT2D eigenvalue weighted by molar-refractivity contribution is -0.385. The number of hydrogen-bond donors (Lipinski definition) is 0. The van der Waals surface area contributed by atoms with E-state index in [0.717, 1.165) is 18.2 Å².